The van der Waals surface area contributed by atoms with Gasteiger partial charge < -0.3 is 15.0 Å². The first-order valence-electron chi connectivity index (χ1n) is 7.90. The van der Waals surface area contributed by atoms with Crippen molar-refractivity contribution in [2.24, 2.45) is 0 Å². The summed E-state index contributed by atoms with van der Waals surface area (Å²) in [7, 11) is 0. The minimum absolute atomic E-state index is 0.0634. The zero-order valence-corrected chi connectivity index (χ0v) is 14.3. The standard InChI is InChI=1S/C17H20N4O2S/c1-13(24-17-18-7-2-8-19-17)16(22)20-14-3-5-15(6-4-14)21-9-11-23-12-10-21/h2-8,13H,9-12H2,1H3,(H,20,22)/t13-/m1/s1. The molecule has 1 saturated heterocycles. The van der Waals surface area contributed by atoms with Crippen LogP contribution in [-0.2, 0) is 9.53 Å². The van der Waals surface area contributed by atoms with Crippen LogP contribution in [-0.4, -0.2) is 47.4 Å². The molecule has 126 valence electrons. The highest BCUT2D eigenvalue weighted by Gasteiger charge is 2.16. The van der Waals surface area contributed by atoms with E-state index in [9.17, 15) is 4.79 Å². The minimum Gasteiger partial charge on any atom is -0.378 e. The van der Waals surface area contributed by atoms with Crippen LogP contribution in [0.5, 0.6) is 0 Å². The molecule has 2 aromatic rings. The second-order valence-electron chi connectivity index (χ2n) is 5.43. The molecule has 7 heteroatoms. The molecule has 1 fully saturated rings. The molecule has 0 unspecified atom stereocenters. The Labute approximate surface area is 145 Å². The van der Waals surface area contributed by atoms with Crippen molar-refractivity contribution in [1.82, 2.24) is 9.97 Å². The molecule has 1 aliphatic rings. The Bertz CT molecular complexity index is 660. The Balaban J connectivity index is 1.55. The van der Waals surface area contributed by atoms with E-state index in [1.807, 2.05) is 31.2 Å². The van der Waals surface area contributed by atoms with Gasteiger partial charge in [-0.25, -0.2) is 9.97 Å². The van der Waals surface area contributed by atoms with E-state index in [0.29, 0.717) is 5.16 Å². The fraction of sp³-hybridized carbons (Fsp3) is 0.353. The Kier molecular flexibility index (Phi) is 5.66. The van der Waals surface area contributed by atoms with Crippen LogP contribution in [0.3, 0.4) is 0 Å². The number of amides is 1. The van der Waals surface area contributed by atoms with E-state index < -0.39 is 0 Å². The lowest BCUT2D eigenvalue weighted by Crippen LogP contribution is -2.36. The average molecular weight is 344 g/mol. The van der Waals surface area contributed by atoms with Gasteiger partial charge in [0.1, 0.15) is 0 Å². The number of aromatic nitrogens is 2. The van der Waals surface area contributed by atoms with Crippen molar-refractivity contribution < 1.29 is 9.53 Å². The molecule has 0 spiro atoms. The molecule has 1 amide bonds. The maximum atomic E-state index is 12.3. The van der Waals surface area contributed by atoms with Crippen molar-refractivity contribution in [2.45, 2.75) is 17.3 Å². The van der Waals surface area contributed by atoms with Crippen molar-refractivity contribution in [3.05, 3.63) is 42.7 Å². The summed E-state index contributed by atoms with van der Waals surface area (Å²) in [5.41, 5.74) is 1.94. The van der Waals surface area contributed by atoms with E-state index in [2.05, 4.69) is 20.2 Å². The van der Waals surface area contributed by atoms with Gasteiger partial charge in [-0.2, -0.15) is 0 Å². The maximum Gasteiger partial charge on any atom is 0.237 e. The first-order chi connectivity index (χ1) is 11.7. The summed E-state index contributed by atoms with van der Waals surface area (Å²) < 4.78 is 5.36. The van der Waals surface area contributed by atoms with Crippen LogP contribution in [0.2, 0.25) is 0 Å². The van der Waals surface area contributed by atoms with Gasteiger partial charge in [-0.05, 0) is 37.3 Å². The molecule has 3 rings (SSSR count). The summed E-state index contributed by atoms with van der Waals surface area (Å²) in [6.07, 6.45) is 3.34. The Morgan fingerprint density at radius 3 is 2.54 bits per heavy atom. The lowest BCUT2D eigenvalue weighted by atomic mass is 10.2. The molecule has 1 aliphatic heterocycles. The molecule has 2 heterocycles. The second-order valence-corrected chi connectivity index (χ2v) is 6.73. The van der Waals surface area contributed by atoms with Gasteiger partial charge in [-0.3, -0.25) is 4.79 Å². The number of rotatable bonds is 5. The van der Waals surface area contributed by atoms with Gasteiger partial charge in [0.2, 0.25) is 5.91 Å². The van der Waals surface area contributed by atoms with Gasteiger partial charge >= 0.3 is 0 Å². The highest BCUT2D eigenvalue weighted by Crippen LogP contribution is 2.22. The molecule has 1 N–H and O–H groups in total. The molecule has 1 atom stereocenters. The number of morpholine rings is 1. The Morgan fingerprint density at radius 2 is 1.88 bits per heavy atom. The fourth-order valence-corrected chi connectivity index (χ4v) is 3.10. The highest BCUT2D eigenvalue weighted by atomic mass is 32.2. The Hall–Kier alpha value is -2.12. The number of ether oxygens (including phenoxy) is 1. The minimum atomic E-state index is -0.272. The summed E-state index contributed by atoms with van der Waals surface area (Å²) >= 11 is 1.34. The van der Waals surface area contributed by atoms with Gasteiger partial charge in [0.25, 0.3) is 0 Å². The van der Waals surface area contributed by atoms with Crippen molar-refractivity contribution in [2.75, 3.05) is 36.5 Å². The number of carbonyl (C=O) groups excluding carboxylic acids is 1. The van der Waals surface area contributed by atoms with Crippen LogP contribution in [0.15, 0.2) is 47.9 Å². The first kappa shape index (κ1) is 16.7. The van der Waals surface area contributed by atoms with Gasteiger partial charge in [-0.15, -0.1) is 0 Å². The number of nitrogens with zero attached hydrogens (tertiary/aromatic N) is 3. The van der Waals surface area contributed by atoms with E-state index in [1.165, 1.54) is 11.8 Å². The summed E-state index contributed by atoms with van der Waals surface area (Å²) in [4.78, 5) is 22.8. The molecule has 0 radical (unpaired) electrons. The molecule has 0 saturated carbocycles. The van der Waals surface area contributed by atoms with Crippen molar-refractivity contribution in [1.29, 1.82) is 0 Å². The molecule has 0 aliphatic carbocycles. The molecule has 1 aromatic carbocycles. The molecular weight excluding hydrogens is 324 g/mol. The van der Waals surface area contributed by atoms with Crippen LogP contribution < -0.4 is 10.2 Å². The summed E-state index contributed by atoms with van der Waals surface area (Å²) in [6.45, 7) is 5.16. The van der Waals surface area contributed by atoms with Crippen LogP contribution in [0, 0.1) is 0 Å². The van der Waals surface area contributed by atoms with Crippen molar-refractivity contribution >= 4 is 29.0 Å². The summed E-state index contributed by atoms with van der Waals surface area (Å²) in [6, 6.07) is 9.67. The molecule has 24 heavy (non-hydrogen) atoms. The number of nitrogens with one attached hydrogen (secondary N) is 1. The highest BCUT2D eigenvalue weighted by molar-refractivity contribution is 8.00. The normalized spacial score (nSPS) is 15.8. The number of hydrogen-bond donors (Lipinski definition) is 1. The van der Waals surface area contributed by atoms with Crippen LogP contribution in [0.1, 0.15) is 6.92 Å². The third-order valence-electron chi connectivity index (χ3n) is 3.70. The molecular formula is C17H20N4O2S. The van der Waals surface area contributed by atoms with Gasteiger partial charge in [0.05, 0.1) is 18.5 Å². The smallest absolute Gasteiger partial charge is 0.237 e. The summed E-state index contributed by atoms with van der Waals surface area (Å²) in [5, 5.41) is 3.26. The zero-order valence-electron chi connectivity index (χ0n) is 13.5. The number of thioether (sulfide) groups is 1. The first-order valence-corrected chi connectivity index (χ1v) is 8.77. The Morgan fingerprint density at radius 1 is 1.21 bits per heavy atom. The third-order valence-corrected chi connectivity index (χ3v) is 4.69. The SMILES string of the molecule is C[C@@H](Sc1ncccn1)C(=O)Nc1ccc(N2CCOCC2)cc1. The van der Waals surface area contributed by atoms with Crippen LogP contribution >= 0.6 is 11.8 Å². The van der Waals surface area contributed by atoms with E-state index >= 15 is 0 Å². The molecule has 0 bridgehead atoms. The predicted molar refractivity (Wildman–Crippen MR) is 95.5 cm³/mol. The number of carbonyl (C=O) groups is 1. The van der Waals surface area contributed by atoms with Crippen LogP contribution in [0.25, 0.3) is 0 Å². The predicted octanol–water partition coefficient (Wildman–Crippen LogP) is 2.43. The van der Waals surface area contributed by atoms with Crippen molar-refractivity contribution in [3.63, 3.8) is 0 Å². The van der Waals surface area contributed by atoms with Crippen LogP contribution in [0.4, 0.5) is 11.4 Å². The second kappa shape index (κ2) is 8.12. The van der Waals surface area contributed by atoms with E-state index in [-0.39, 0.29) is 11.2 Å². The number of benzene rings is 1. The lowest BCUT2D eigenvalue weighted by molar-refractivity contribution is -0.115. The summed E-state index contributed by atoms with van der Waals surface area (Å²) in [5.74, 6) is -0.0634. The van der Waals surface area contributed by atoms with Crippen molar-refractivity contribution in [3.8, 4) is 0 Å². The maximum absolute atomic E-state index is 12.3. The van der Waals surface area contributed by atoms with E-state index in [0.717, 1.165) is 37.7 Å². The van der Waals surface area contributed by atoms with Gasteiger partial charge in [0.15, 0.2) is 5.16 Å². The van der Waals surface area contributed by atoms with E-state index in [1.54, 1.807) is 18.5 Å². The van der Waals surface area contributed by atoms with Gasteiger partial charge in [-0.1, -0.05) is 11.8 Å². The monoisotopic (exact) mass is 344 g/mol. The van der Waals surface area contributed by atoms with Gasteiger partial charge in [0, 0.05) is 36.9 Å². The number of hydrogen-bond acceptors (Lipinski definition) is 6. The molecule has 1 aromatic heterocycles. The largest absolute Gasteiger partial charge is 0.378 e. The average Bonchev–Trinajstić information content (AvgIpc) is 2.64. The fourth-order valence-electron chi connectivity index (χ4n) is 2.38. The number of anilines is 2. The zero-order chi connectivity index (χ0) is 16.8. The lowest BCUT2D eigenvalue weighted by Gasteiger charge is -2.28. The molecule has 6 nitrogen and oxygen atoms in total. The topological polar surface area (TPSA) is 67.4 Å². The van der Waals surface area contributed by atoms with E-state index in [4.69, 9.17) is 4.74 Å². The third kappa shape index (κ3) is 4.46. The quantitative estimate of drug-likeness (QED) is 0.664.